The maximum absolute atomic E-state index is 13.6. The van der Waals surface area contributed by atoms with Gasteiger partial charge in [0.2, 0.25) is 0 Å². The molecule has 0 saturated carbocycles. The molecule has 1 amide bonds. The van der Waals surface area contributed by atoms with Crippen LogP contribution in [0.25, 0.3) is 21.3 Å². The molecule has 2 aromatic carbocycles. The number of hydrogen-bond acceptors (Lipinski definition) is 6. The van der Waals surface area contributed by atoms with E-state index in [4.69, 9.17) is 0 Å². The van der Waals surface area contributed by atoms with Gasteiger partial charge in [-0.2, -0.15) is 8.75 Å². The van der Waals surface area contributed by atoms with Crippen molar-refractivity contribution in [1.29, 1.82) is 0 Å². The van der Waals surface area contributed by atoms with Crippen LogP contribution < -0.4 is 5.32 Å². The molecule has 0 atom stereocenters. The van der Waals surface area contributed by atoms with Crippen molar-refractivity contribution in [2.75, 3.05) is 5.32 Å². The number of aromatic nitrogens is 3. The average molecular weight is 348 g/mol. The number of carbonyl (C=O) groups is 1. The van der Waals surface area contributed by atoms with Crippen molar-refractivity contribution in [3.05, 3.63) is 47.5 Å². The number of nitrogens with zero attached hydrogens (tertiary/aromatic N) is 3. The number of hydrogen-bond donors (Lipinski definition) is 1. The smallest absolute Gasteiger partial charge is 0.257 e. The Morgan fingerprint density at radius 2 is 1.91 bits per heavy atom. The quantitative estimate of drug-likeness (QED) is 0.598. The van der Waals surface area contributed by atoms with Crippen LogP contribution in [0.2, 0.25) is 0 Å². The van der Waals surface area contributed by atoms with Gasteiger partial charge in [0.25, 0.3) is 5.91 Å². The minimum Gasteiger partial charge on any atom is -0.298 e. The van der Waals surface area contributed by atoms with Crippen LogP contribution in [0.4, 0.5) is 13.9 Å². The number of fused-ring (bicyclic) bond motifs is 2. The molecule has 0 aliphatic rings. The molecule has 2 aromatic heterocycles. The molecule has 0 spiro atoms. The normalized spacial score (nSPS) is 11.2. The fraction of sp³-hybridized carbons (Fsp3) is 0. The lowest BCUT2D eigenvalue weighted by molar-refractivity contribution is 0.102. The monoisotopic (exact) mass is 348 g/mol. The summed E-state index contributed by atoms with van der Waals surface area (Å²) >= 11 is 2.07. The van der Waals surface area contributed by atoms with Gasteiger partial charge in [0.1, 0.15) is 22.4 Å². The highest BCUT2D eigenvalue weighted by atomic mass is 32.1. The third kappa shape index (κ3) is 2.53. The standard InChI is InChI=1S/C14H6F2N4OS2/c15-7-4-8(16)12-11(5-7)22-14(17-12)18-13(21)6-1-2-9-10(3-6)20-23-19-9/h1-5H,(H,17,18,21). The van der Waals surface area contributed by atoms with Crippen molar-refractivity contribution in [2.45, 2.75) is 0 Å². The molecule has 4 rings (SSSR count). The summed E-state index contributed by atoms with van der Waals surface area (Å²) in [6.45, 7) is 0. The van der Waals surface area contributed by atoms with E-state index in [1.165, 1.54) is 6.07 Å². The molecule has 0 aliphatic carbocycles. The lowest BCUT2D eigenvalue weighted by Gasteiger charge is -2.00. The zero-order chi connectivity index (χ0) is 16.0. The van der Waals surface area contributed by atoms with Gasteiger partial charge in [-0.25, -0.2) is 13.8 Å². The lowest BCUT2D eigenvalue weighted by atomic mass is 10.2. The molecule has 0 aliphatic heterocycles. The Kier molecular flexibility index (Phi) is 3.24. The largest absolute Gasteiger partial charge is 0.298 e. The van der Waals surface area contributed by atoms with E-state index in [1.807, 2.05) is 0 Å². The first-order valence-corrected chi connectivity index (χ1v) is 7.94. The SMILES string of the molecule is O=C(Nc1nc2c(F)cc(F)cc2s1)c1ccc2nsnc2c1. The zero-order valence-electron chi connectivity index (χ0n) is 11.2. The highest BCUT2D eigenvalue weighted by molar-refractivity contribution is 7.22. The van der Waals surface area contributed by atoms with Gasteiger partial charge in [-0.3, -0.25) is 10.1 Å². The van der Waals surface area contributed by atoms with Crippen LogP contribution >= 0.6 is 23.1 Å². The average Bonchev–Trinajstić information content (AvgIpc) is 3.12. The number of thiazole rings is 1. The second-order valence-corrected chi connectivity index (χ2v) is 6.23. The van der Waals surface area contributed by atoms with Crippen molar-refractivity contribution in [2.24, 2.45) is 0 Å². The molecule has 0 bridgehead atoms. The molecule has 23 heavy (non-hydrogen) atoms. The van der Waals surface area contributed by atoms with Crippen molar-refractivity contribution < 1.29 is 13.6 Å². The van der Waals surface area contributed by atoms with E-state index in [9.17, 15) is 13.6 Å². The van der Waals surface area contributed by atoms with E-state index in [0.29, 0.717) is 21.3 Å². The summed E-state index contributed by atoms with van der Waals surface area (Å²) in [7, 11) is 0. The predicted molar refractivity (Wildman–Crippen MR) is 84.9 cm³/mol. The summed E-state index contributed by atoms with van der Waals surface area (Å²) in [6.07, 6.45) is 0. The van der Waals surface area contributed by atoms with E-state index < -0.39 is 17.5 Å². The van der Waals surface area contributed by atoms with Crippen molar-refractivity contribution >= 4 is 55.4 Å². The summed E-state index contributed by atoms with van der Waals surface area (Å²) in [5.41, 5.74) is 1.76. The van der Waals surface area contributed by atoms with Gasteiger partial charge in [-0.15, -0.1) is 0 Å². The summed E-state index contributed by atoms with van der Waals surface area (Å²) < 4.78 is 35.3. The fourth-order valence-corrected chi connectivity index (χ4v) is 3.52. The predicted octanol–water partition coefficient (Wildman–Crippen LogP) is 3.83. The van der Waals surface area contributed by atoms with Crippen LogP contribution in [-0.4, -0.2) is 19.6 Å². The van der Waals surface area contributed by atoms with E-state index in [-0.39, 0.29) is 10.6 Å². The third-order valence-electron chi connectivity index (χ3n) is 3.15. The highest BCUT2D eigenvalue weighted by Gasteiger charge is 2.14. The number of halogens is 2. The molecule has 0 unspecified atom stereocenters. The number of anilines is 1. The fourth-order valence-electron chi connectivity index (χ4n) is 2.10. The molecule has 0 radical (unpaired) electrons. The summed E-state index contributed by atoms with van der Waals surface area (Å²) in [4.78, 5) is 16.2. The van der Waals surface area contributed by atoms with Gasteiger partial charge in [-0.1, -0.05) is 11.3 Å². The second kappa shape index (κ2) is 5.28. The van der Waals surface area contributed by atoms with Crippen LogP contribution in [-0.2, 0) is 0 Å². The Hall–Kier alpha value is -2.52. The van der Waals surface area contributed by atoms with Crippen LogP contribution in [0.1, 0.15) is 10.4 Å². The first-order valence-electron chi connectivity index (χ1n) is 6.39. The summed E-state index contributed by atoms with van der Waals surface area (Å²) in [5, 5.41) is 2.79. The number of amides is 1. The Balaban J connectivity index is 1.66. The van der Waals surface area contributed by atoms with Crippen LogP contribution in [0.15, 0.2) is 30.3 Å². The molecule has 2 heterocycles. The minimum atomic E-state index is -0.758. The number of carbonyl (C=O) groups excluding carboxylic acids is 1. The molecule has 4 aromatic rings. The van der Waals surface area contributed by atoms with Crippen molar-refractivity contribution in [3.8, 4) is 0 Å². The van der Waals surface area contributed by atoms with Crippen LogP contribution in [0, 0.1) is 11.6 Å². The first kappa shape index (κ1) is 14.1. The zero-order valence-corrected chi connectivity index (χ0v) is 12.8. The van der Waals surface area contributed by atoms with Gasteiger partial charge in [-0.05, 0) is 24.3 Å². The van der Waals surface area contributed by atoms with Gasteiger partial charge in [0.15, 0.2) is 10.9 Å². The molecule has 9 heteroatoms. The number of rotatable bonds is 2. The highest BCUT2D eigenvalue weighted by Crippen LogP contribution is 2.29. The van der Waals surface area contributed by atoms with Crippen molar-refractivity contribution in [1.82, 2.24) is 13.7 Å². The maximum atomic E-state index is 13.6. The van der Waals surface area contributed by atoms with E-state index in [0.717, 1.165) is 29.1 Å². The van der Waals surface area contributed by atoms with E-state index in [2.05, 4.69) is 19.0 Å². The third-order valence-corrected chi connectivity index (χ3v) is 4.62. The van der Waals surface area contributed by atoms with E-state index >= 15 is 0 Å². The van der Waals surface area contributed by atoms with Crippen LogP contribution in [0.5, 0.6) is 0 Å². The second-order valence-electron chi connectivity index (χ2n) is 4.68. The lowest BCUT2D eigenvalue weighted by Crippen LogP contribution is -2.11. The van der Waals surface area contributed by atoms with Gasteiger partial charge in [0.05, 0.1) is 16.4 Å². The topological polar surface area (TPSA) is 67.8 Å². The number of benzene rings is 2. The van der Waals surface area contributed by atoms with Gasteiger partial charge < -0.3 is 0 Å². The molecular weight excluding hydrogens is 342 g/mol. The minimum absolute atomic E-state index is 0.0332. The van der Waals surface area contributed by atoms with Gasteiger partial charge >= 0.3 is 0 Å². The molecule has 0 fully saturated rings. The molecular formula is C14H6F2N4OS2. The summed E-state index contributed by atoms with van der Waals surface area (Å²) in [6, 6.07) is 6.87. The Labute approximate surface area is 135 Å². The Morgan fingerprint density at radius 3 is 2.78 bits per heavy atom. The van der Waals surface area contributed by atoms with E-state index in [1.54, 1.807) is 18.2 Å². The summed E-state index contributed by atoms with van der Waals surface area (Å²) in [5.74, 6) is -1.84. The molecule has 1 N–H and O–H groups in total. The first-order chi connectivity index (χ1) is 11.1. The maximum Gasteiger partial charge on any atom is 0.257 e. The number of nitrogens with one attached hydrogen (secondary N) is 1. The van der Waals surface area contributed by atoms with Crippen LogP contribution in [0.3, 0.4) is 0 Å². The Morgan fingerprint density at radius 1 is 1.09 bits per heavy atom. The van der Waals surface area contributed by atoms with Gasteiger partial charge in [0, 0.05) is 11.6 Å². The molecule has 5 nitrogen and oxygen atoms in total. The molecule has 0 saturated heterocycles. The molecule has 114 valence electrons. The van der Waals surface area contributed by atoms with Crippen molar-refractivity contribution in [3.63, 3.8) is 0 Å². The Bertz CT molecular complexity index is 1060.